The highest BCUT2D eigenvalue weighted by molar-refractivity contribution is 8.04. The summed E-state index contributed by atoms with van der Waals surface area (Å²) in [5.74, 6) is -0.207. The summed E-state index contributed by atoms with van der Waals surface area (Å²) < 4.78 is 15.2. The minimum atomic E-state index is -0.519. The van der Waals surface area contributed by atoms with Gasteiger partial charge in [0.05, 0.1) is 43.6 Å². The van der Waals surface area contributed by atoms with E-state index in [1.807, 2.05) is 0 Å². The van der Waals surface area contributed by atoms with E-state index in [1.165, 1.54) is 36.8 Å². The lowest BCUT2D eigenvalue weighted by atomic mass is 10.1. The quantitative estimate of drug-likeness (QED) is 0.245. The minimum absolute atomic E-state index is 0.0257. The molecule has 1 fully saturated rings. The van der Waals surface area contributed by atoms with Crippen LogP contribution in [0.2, 0.25) is 0 Å². The highest BCUT2D eigenvalue weighted by Gasteiger charge is 2.27. The summed E-state index contributed by atoms with van der Waals surface area (Å²) in [6, 6.07) is 6.67. The van der Waals surface area contributed by atoms with Gasteiger partial charge in [-0.2, -0.15) is 0 Å². The number of Topliss-reactive ketones (excluding diaryl/α,β-unsaturated/α-hetero) is 1. The van der Waals surface area contributed by atoms with E-state index in [1.54, 1.807) is 24.3 Å². The van der Waals surface area contributed by atoms with Crippen molar-refractivity contribution in [2.75, 3.05) is 32.6 Å². The first-order valence-electron chi connectivity index (χ1n) is 9.03. The third kappa shape index (κ3) is 7.26. The molecule has 1 aromatic carbocycles. The highest BCUT2D eigenvalue weighted by atomic mass is 32.2. The monoisotopic (exact) mass is 421 g/mol. The molecule has 0 unspecified atom stereocenters. The number of ketones is 1. The molecule has 0 radical (unpaired) electrons. The van der Waals surface area contributed by atoms with E-state index in [9.17, 15) is 19.2 Å². The van der Waals surface area contributed by atoms with Crippen molar-refractivity contribution < 1.29 is 33.4 Å². The van der Waals surface area contributed by atoms with Crippen LogP contribution in [0.3, 0.4) is 0 Å². The first kappa shape index (κ1) is 22.5. The van der Waals surface area contributed by atoms with Crippen LogP contribution in [0, 0.1) is 0 Å². The summed E-state index contributed by atoms with van der Waals surface area (Å²) in [7, 11) is 1.27. The van der Waals surface area contributed by atoms with E-state index in [4.69, 9.17) is 9.47 Å². The van der Waals surface area contributed by atoms with Gasteiger partial charge < -0.3 is 19.1 Å². The van der Waals surface area contributed by atoms with Crippen molar-refractivity contribution in [1.29, 1.82) is 0 Å². The van der Waals surface area contributed by atoms with Crippen molar-refractivity contribution in [3.63, 3.8) is 0 Å². The van der Waals surface area contributed by atoms with Gasteiger partial charge in [-0.15, -0.1) is 0 Å². The predicted molar refractivity (Wildman–Crippen MR) is 106 cm³/mol. The number of methoxy groups -OCH3 is 1. The first-order chi connectivity index (χ1) is 13.9. The Hall–Kier alpha value is -2.81. The van der Waals surface area contributed by atoms with Gasteiger partial charge in [0.1, 0.15) is 5.75 Å². The molecule has 0 saturated carbocycles. The van der Waals surface area contributed by atoms with Crippen LogP contribution in [-0.2, 0) is 23.9 Å². The molecular formula is C20H23NO7S. The lowest BCUT2D eigenvalue weighted by molar-refractivity contribution is -0.144. The van der Waals surface area contributed by atoms with Gasteiger partial charge in [0.2, 0.25) is 5.91 Å². The van der Waals surface area contributed by atoms with Gasteiger partial charge in [-0.25, -0.2) is 4.79 Å². The molecular weight excluding hydrogens is 398 g/mol. The second-order valence-electron chi connectivity index (χ2n) is 6.09. The number of rotatable bonds is 10. The van der Waals surface area contributed by atoms with Crippen LogP contribution in [0.1, 0.15) is 30.1 Å². The molecule has 1 aliphatic heterocycles. The number of amides is 1. The number of thioether (sulfide) groups is 1. The predicted octanol–water partition coefficient (Wildman–Crippen LogP) is 2.18. The van der Waals surface area contributed by atoms with Crippen molar-refractivity contribution >= 4 is 35.4 Å². The number of nitrogens with zero attached hydrogens (tertiary/aromatic N) is 1. The SMILES string of the molecule is COC(=O)/C=C1/SCC(=O)N1CCCOC(=O)CCOc1ccc(C(C)=O)cc1. The smallest absolute Gasteiger partial charge is 0.333 e. The normalized spacial score (nSPS) is 14.8. The number of hydrogen-bond acceptors (Lipinski definition) is 8. The second-order valence-corrected chi connectivity index (χ2v) is 7.09. The molecule has 1 amide bonds. The molecule has 9 heteroatoms. The molecule has 0 bridgehead atoms. The third-order valence-electron chi connectivity index (χ3n) is 3.98. The molecule has 0 aromatic heterocycles. The van der Waals surface area contributed by atoms with E-state index in [0.29, 0.717) is 29.3 Å². The molecule has 1 saturated heterocycles. The molecule has 29 heavy (non-hydrogen) atoms. The summed E-state index contributed by atoms with van der Waals surface area (Å²) in [4.78, 5) is 47.7. The Morgan fingerprint density at radius 2 is 1.90 bits per heavy atom. The van der Waals surface area contributed by atoms with Crippen molar-refractivity contribution in [2.24, 2.45) is 0 Å². The zero-order valence-corrected chi connectivity index (χ0v) is 17.2. The molecule has 1 aromatic rings. The number of carbonyl (C=O) groups is 4. The van der Waals surface area contributed by atoms with Gasteiger partial charge >= 0.3 is 11.9 Å². The molecule has 1 heterocycles. The van der Waals surface area contributed by atoms with Gasteiger partial charge in [0.15, 0.2) is 5.78 Å². The number of hydrogen-bond donors (Lipinski definition) is 0. The van der Waals surface area contributed by atoms with E-state index in [2.05, 4.69) is 4.74 Å². The average molecular weight is 421 g/mol. The van der Waals surface area contributed by atoms with E-state index in [0.717, 1.165) is 0 Å². The summed E-state index contributed by atoms with van der Waals surface area (Å²) in [6.07, 6.45) is 1.81. The average Bonchev–Trinajstić information content (AvgIpc) is 3.04. The molecule has 0 N–H and O–H groups in total. The van der Waals surface area contributed by atoms with Crippen LogP contribution in [0.4, 0.5) is 0 Å². The van der Waals surface area contributed by atoms with Crippen LogP contribution in [0.25, 0.3) is 0 Å². The van der Waals surface area contributed by atoms with Gasteiger partial charge in [-0.1, -0.05) is 11.8 Å². The number of ether oxygens (including phenoxy) is 3. The molecule has 0 spiro atoms. The van der Waals surface area contributed by atoms with Crippen molar-refractivity contribution in [3.8, 4) is 5.75 Å². The molecule has 156 valence electrons. The Balaban J connectivity index is 1.65. The summed E-state index contributed by atoms with van der Waals surface area (Å²) in [6.45, 7) is 2.15. The Labute approximate surface area is 173 Å². The standard InChI is InChI=1S/C20H23NO7S/c1-14(22)15-4-6-16(7-5-15)27-11-8-19(24)28-10-3-9-21-17(23)13-29-18(21)12-20(25)26-2/h4-7,12H,3,8-11,13H2,1-2H3/b18-12+. The fraction of sp³-hybridized carbons (Fsp3) is 0.400. The lowest BCUT2D eigenvalue weighted by Gasteiger charge is -2.16. The molecule has 0 aliphatic carbocycles. The van der Waals surface area contributed by atoms with Crippen LogP contribution < -0.4 is 4.74 Å². The van der Waals surface area contributed by atoms with Crippen molar-refractivity contribution in [1.82, 2.24) is 4.90 Å². The van der Waals surface area contributed by atoms with Crippen molar-refractivity contribution in [3.05, 3.63) is 40.9 Å². The van der Waals surface area contributed by atoms with Crippen LogP contribution >= 0.6 is 11.8 Å². The number of esters is 2. The first-order valence-corrected chi connectivity index (χ1v) is 10.0. The Kier molecular flexibility index (Phi) is 8.72. The van der Waals surface area contributed by atoms with E-state index in [-0.39, 0.29) is 37.1 Å². The minimum Gasteiger partial charge on any atom is -0.493 e. The lowest BCUT2D eigenvalue weighted by Crippen LogP contribution is -2.27. The topological polar surface area (TPSA) is 99.2 Å². The molecule has 0 atom stereocenters. The zero-order valence-electron chi connectivity index (χ0n) is 16.3. The third-order valence-corrected chi connectivity index (χ3v) is 5.00. The van der Waals surface area contributed by atoms with E-state index >= 15 is 0 Å². The van der Waals surface area contributed by atoms with E-state index < -0.39 is 11.9 Å². The fourth-order valence-corrected chi connectivity index (χ4v) is 3.40. The second kappa shape index (κ2) is 11.3. The Morgan fingerprint density at radius 3 is 2.55 bits per heavy atom. The summed E-state index contributed by atoms with van der Waals surface area (Å²) in [5.41, 5.74) is 0.594. The summed E-state index contributed by atoms with van der Waals surface area (Å²) in [5, 5.41) is 0.539. The van der Waals surface area contributed by atoms with Gasteiger partial charge in [0, 0.05) is 12.1 Å². The number of benzene rings is 1. The molecule has 2 rings (SSSR count). The van der Waals surface area contributed by atoms with Gasteiger partial charge in [0.25, 0.3) is 0 Å². The molecule has 8 nitrogen and oxygen atoms in total. The highest BCUT2D eigenvalue weighted by Crippen LogP contribution is 2.28. The zero-order chi connectivity index (χ0) is 21.2. The van der Waals surface area contributed by atoms with Crippen molar-refractivity contribution in [2.45, 2.75) is 19.8 Å². The van der Waals surface area contributed by atoms with Gasteiger partial charge in [-0.05, 0) is 37.6 Å². The fourth-order valence-electron chi connectivity index (χ4n) is 2.45. The van der Waals surface area contributed by atoms with Crippen LogP contribution in [0.15, 0.2) is 35.4 Å². The maximum atomic E-state index is 11.9. The van der Waals surface area contributed by atoms with Gasteiger partial charge in [-0.3, -0.25) is 14.4 Å². The number of carbonyl (C=O) groups excluding carboxylic acids is 4. The summed E-state index contributed by atoms with van der Waals surface area (Å²) >= 11 is 1.27. The maximum Gasteiger partial charge on any atom is 0.333 e. The Bertz CT molecular complexity index is 789. The van der Waals surface area contributed by atoms with Crippen LogP contribution in [-0.4, -0.2) is 61.2 Å². The molecule has 1 aliphatic rings. The maximum absolute atomic E-state index is 11.9. The Morgan fingerprint density at radius 1 is 1.17 bits per heavy atom. The van der Waals surface area contributed by atoms with Crippen LogP contribution in [0.5, 0.6) is 5.75 Å². The largest absolute Gasteiger partial charge is 0.493 e.